The minimum atomic E-state index is 0.464. The van der Waals surface area contributed by atoms with Crippen LogP contribution in [0.5, 0.6) is 5.75 Å². The summed E-state index contributed by atoms with van der Waals surface area (Å²) >= 11 is 1.84. The van der Waals surface area contributed by atoms with Crippen LogP contribution in [0.3, 0.4) is 0 Å². The third-order valence-electron chi connectivity index (χ3n) is 7.94. The van der Waals surface area contributed by atoms with Crippen LogP contribution in [-0.4, -0.2) is 60.5 Å². The molecule has 7 heteroatoms. The maximum absolute atomic E-state index is 5.32. The van der Waals surface area contributed by atoms with Crippen molar-refractivity contribution in [3.63, 3.8) is 0 Å². The minimum Gasteiger partial charge on any atom is -0.497 e. The van der Waals surface area contributed by atoms with E-state index in [-0.39, 0.29) is 0 Å². The van der Waals surface area contributed by atoms with E-state index < -0.39 is 0 Å². The van der Waals surface area contributed by atoms with Crippen molar-refractivity contribution < 1.29 is 4.74 Å². The topological polar surface area (TPSA) is 53.0 Å². The highest BCUT2D eigenvalue weighted by Gasteiger charge is 2.32. The SMILES string of the molecule is COc1ccc(CC[C@H]2CN(C3=Nc4ccccc4Nc4sc(C5CCCC5)nc43)CCN2C)cc1. The molecule has 6 nitrogen and oxygen atoms in total. The second-order valence-electron chi connectivity index (χ2n) is 10.3. The lowest BCUT2D eigenvalue weighted by Gasteiger charge is -2.40. The van der Waals surface area contributed by atoms with Crippen LogP contribution in [0.1, 0.15) is 54.3 Å². The summed E-state index contributed by atoms with van der Waals surface area (Å²) in [6.45, 7) is 2.95. The second-order valence-corrected chi connectivity index (χ2v) is 11.3. The van der Waals surface area contributed by atoms with Gasteiger partial charge < -0.3 is 15.0 Å². The molecule has 0 radical (unpaired) electrons. The second kappa shape index (κ2) is 10.2. The minimum absolute atomic E-state index is 0.464. The van der Waals surface area contributed by atoms with E-state index in [0.29, 0.717) is 12.0 Å². The first-order chi connectivity index (χ1) is 17.7. The van der Waals surface area contributed by atoms with Gasteiger partial charge in [0.15, 0.2) is 5.84 Å². The maximum Gasteiger partial charge on any atom is 0.158 e. The fraction of sp³-hybridized carbons (Fsp3) is 0.448. The van der Waals surface area contributed by atoms with Crippen LogP contribution < -0.4 is 10.1 Å². The van der Waals surface area contributed by atoms with Crippen LogP contribution in [0, 0.1) is 0 Å². The van der Waals surface area contributed by atoms with Crippen molar-refractivity contribution in [2.75, 3.05) is 39.1 Å². The molecular weight excluding hydrogens is 466 g/mol. The van der Waals surface area contributed by atoms with Gasteiger partial charge in [-0.2, -0.15) is 0 Å². The van der Waals surface area contributed by atoms with Crippen LogP contribution in [-0.2, 0) is 6.42 Å². The number of anilines is 2. The predicted molar refractivity (Wildman–Crippen MR) is 149 cm³/mol. The van der Waals surface area contributed by atoms with Gasteiger partial charge >= 0.3 is 0 Å². The third-order valence-corrected chi connectivity index (χ3v) is 9.07. The highest BCUT2D eigenvalue weighted by Crippen LogP contribution is 2.43. The number of hydrogen-bond acceptors (Lipinski definition) is 7. The van der Waals surface area contributed by atoms with Crippen LogP contribution in [0.4, 0.5) is 16.4 Å². The highest BCUT2D eigenvalue weighted by molar-refractivity contribution is 7.16. The molecule has 0 spiro atoms. The number of benzene rings is 2. The molecule has 2 aromatic carbocycles. The van der Waals surface area contributed by atoms with E-state index in [2.05, 4.69) is 70.7 Å². The van der Waals surface area contributed by atoms with Crippen molar-refractivity contribution in [1.29, 1.82) is 0 Å². The molecule has 3 aromatic rings. The summed E-state index contributed by atoms with van der Waals surface area (Å²) in [6, 6.07) is 17.3. The Kier molecular flexibility index (Phi) is 6.67. The number of aryl methyl sites for hydroxylation is 1. The molecule has 1 aliphatic carbocycles. The van der Waals surface area contributed by atoms with E-state index in [9.17, 15) is 0 Å². The number of hydrogen-bond donors (Lipinski definition) is 1. The number of nitrogens with zero attached hydrogens (tertiary/aromatic N) is 4. The first kappa shape index (κ1) is 23.5. The van der Waals surface area contributed by atoms with E-state index in [0.717, 1.165) is 66.1 Å². The monoisotopic (exact) mass is 501 g/mol. The molecule has 0 amide bonds. The molecule has 6 rings (SSSR count). The number of nitrogens with one attached hydrogen (secondary N) is 1. The Morgan fingerprint density at radius 3 is 2.67 bits per heavy atom. The van der Waals surface area contributed by atoms with Crippen molar-refractivity contribution in [2.24, 2.45) is 4.99 Å². The van der Waals surface area contributed by atoms with E-state index in [1.54, 1.807) is 7.11 Å². The van der Waals surface area contributed by atoms with Crippen molar-refractivity contribution in [1.82, 2.24) is 14.8 Å². The summed E-state index contributed by atoms with van der Waals surface area (Å²) in [5.74, 6) is 2.55. The summed E-state index contributed by atoms with van der Waals surface area (Å²) in [6.07, 6.45) is 7.33. The van der Waals surface area contributed by atoms with Crippen LogP contribution >= 0.6 is 11.3 Å². The molecule has 3 aliphatic rings. The molecule has 1 N–H and O–H groups in total. The van der Waals surface area contributed by atoms with Gasteiger partial charge in [0.25, 0.3) is 0 Å². The zero-order chi connectivity index (χ0) is 24.5. The average molecular weight is 502 g/mol. The number of methoxy groups -OCH3 is 1. The summed E-state index contributed by atoms with van der Waals surface area (Å²) < 4.78 is 5.32. The van der Waals surface area contributed by atoms with Gasteiger partial charge in [-0.3, -0.25) is 4.90 Å². The Labute approximate surface area is 218 Å². The number of para-hydroxylation sites is 2. The zero-order valence-electron chi connectivity index (χ0n) is 21.2. The molecule has 0 unspecified atom stereocenters. The molecule has 2 fully saturated rings. The Morgan fingerprint density at radius 2 is 1.86 bits per heavy atom. The van der Waals surface area contributed by atoms with E-state index in [1.807, 2.05) is 11.3 Å². The molecule has 1 aromatic heterocycles. The maximum atomic E-state index is 5.32. The average Bonchev–Trinajstić information content (AvgIpc) is 3.56. The van der Waals surface area contributed by atoms with Gasteiger partial charge in [-0.05, 0) is 62.6 Å². The number of fused-ring (bicyclic) bond motifs is 2. The van der Waals surface area contributed by atoms with Gasteiger partial charge in [0.2, 0.25) is 0 Å². The quantitative estimate of drug-likeness (QED) is 0.452. The number of likely N-dealkylation sites (N-methyl/N-ethyl adjacent to an activating group) is 1. The van der Waals surface area contributed by atoms with Gasteiger partial charge in [0.05, 0.1) is 23.5 Å². The molecule has 1 saturated heterocycles. The Hall–Kier alpha value is -2.90. The van der Waals surface area contributed by atoms with Crippen LogP contribution in [0.2, 0.25) is 0 Å². The lowest BCUT2D eigenvalue weighted by molar-refractivity contribution is 0.134. The Bertz CT molecular complexity index is 1230. The zero-order valence-corrected chi connectivity index (χ0v) is 22.1. The first-order valence-corrected chi connectivity index (χ1v) is 14.0. The van der Waals surface area contributed by atoms with Gasteiger partial charge in [-0.25, -0.2) is 9.98 Å². The summed E-state index contributed by atoms with van der Waals surface area (Å²) in [7, 11) is 3.98. The molecule has 2 aliphatic heterocycles. The molecule has 36 heavy (non-hydrogen) atoms. The number of piperazine rings is 1. The summed E-state index contributed by atoms with van der Waals surface area (Å²) in [5, 5.41) is 6.11. The molecule has 3 heterocycles. The fourth-order valence-electron chi connectivity index (χ4n) is 5.68. The number of aliphatic imine (C=N–C) groups is 1. The lowest BCUT2D eigenvalue weighted by Crippen LogP contribution is -2.53. The molecule has 0 bridgehead atoms. The smallest absolute Gasteiger partial charge is 0.158 e. The Balaban J connectivity index is 1.26. The standard InChI is InChI=1S/C29H35N5OS/c1-33-17-18-34(19-22(33)14-11-20-12-15-23(35-2)16-13-20)27-26-29(31-25-10-6-5-9-24(25)30-27)36-28(32-26)21-7-3-4-8-21/h5-6,9-10,12-13,15-16,21-22,31H,3-4,7-8,11,14,17-19H2,1-2H3/t22-/m0/s1. The van der Waals surface area contributed by atoms with E-state index in [4.69, 9.17) is 14.7 Å². The number of thiazole rings is 1. The van der Waals surface area contributed by atoms with Crippen molar-refractivity contribution >= 4 is 33.5 Å². The molecular formula is C29H35N5OS. The lowest BCUT2D eigenvalue weighted by atomic mass is 10.0. The third kappa shape index (κ3) is 4.74. The van der Waals surface area contributed by atoms with Crippen LogP contribution in [0.25, 0.3) is 0 Å². The van der Waals surface area contributed by atoms with Gasteiger partial charge in [0.1, 0.15) is 16.4 Å². The normalized spacial score (nSPS) is 20.3. The van der Waals surface area contributed by atoms with Crippen molar-refractivity contribution in [3.05, 3.63) is 64.8 Å². The number of rotatable bonds is 5. The van der Waals surface area contributed by atoms with Gasteiger partial charge in [0, 0.05) is 31.6 Å². The Morgan fingerprint density at radius 1 is 1.06 bits per heavy atom. The molecule has 1 saturated carbocycles. The van der Waals surface area contributed by atoms with Crippen molar-refractivity contribution in [3.8, 4) is 5.75 Å². The van der Waals surface area contributed by atoms with Gasteiger partial charge in [-0.1, -0.05) is 37.1 Å². The van der Waals surface area contributed by atoms with E-state index >= 15 is 0 Å². The highest BCUT2D eigenvalue weighted by atomic mass is 32.1. The molecule has 188 valence electrons. The van der Waals surface area contributed by atoms with E-state index in [1.165, 1.54) is 36.3 Å². The fourth-order valence-corrected chi connectivity index (χ4v) is 6.83. The first-order valence-electron chi connectivity index (χ1n) is 13.2. The largest absolute Gasteiger partial charge is 0.497 e. The summed E-state index contributed by atoms with van der Waals surface area (Å²) in [4.78, 5) is 15.5. The number of ether oxygens (including phenoxy) is 1. The number of aromatic nitrogens is 1. The van der Waals surface area contributed by atoms with Crippen molar-refractivity contribution in [2.45, 2.75) is 50.5 Å². The predicted octanol–water partition coefficient (Wildman–Crippen LogP) is 6.19. The van der Waals surface area contributed by atoms with Gasteiger partial charge in [-0.15, -0.1) is 11.3 Å². The van der Waals surface area contributed by atoms with Crippen LogP contribution in [0.15, 0.2) is 53.5 Å². The molecule has 1 atom stereocenters. The summed E-state index contributed by atoms with van der Waals surface area (Å²) in [5.41, 5.74) is 4.46. The number of amidine groups is 1.